The lowest BCUT2D eigenvalue weighted by molar-refractivity contribution is 0.141. The number of anilines is 1. The molecule has 14 heavy (non-hydrogen) atoms. The first-order chi connectivity index (χ1) is 6.65. The molecule has 0 aliphatic carbocycles. The predicted molar refractivity (Wildman–Crippen MR) is 48.4 cm³/mol. The van der Waals surface area contributed by atoms with Gasteiger partial charge in [0.1, 0.15) is 12.4 Å². The van der Waals surface area contributed by atoms with E-state index in [4.69, 9.17) is 15.6 Å². The van der Waals surface area contributed by atoms with E-state index in [-0.39, 0.29) is 30.2 Å². The molecule has 0 amide bonds. The Balaban J connectivity index is 2.90. The zero-order chi connectivity index (χ0) is 10.6. The lowest BCUT2D eigenvalue weighted by Crippen LogP contribution is -2.04. The van der Waals surface area contributed by atoms with Gasteiger partial charge in [-0.15, -0.1) is 0 Å². The summed E-state index contributed by atoms with van der Waals surface area (Å²) in [6, 6.07) is 4.00. The van der Waals surface area contributed by atoms with Crippen LogP contribution in [0.3, 0.4) is 0 Å². The van der Waals surface area contributed by atoms with Crippen LogP contribution in [0, 0.1) is 0 Å². The standard InChI is InChI=1S/C9H11F2NO2/c10-9(11)7-5-6(12)1-2-8(7)14-4-3-13/h1-2,5,9,13H,3-4,12H2. The zero-order valence-corrected chi connectivity index (χ0v) is 7.41. The Labute approximate surface area is 80.1 Å². The first-order valence-corrected chi connectivity index (χ1v) is 4.06. The van der Waals surface area contributed by atoms with Crippen LogP contribution in [0.1, 0.15) is 12.0 Å². The van der Waals surface area contributed by atoms with Crippen LogP contribution in [0.2, 0.25) is 0 Å². The Morgan fingerprint density at radius 1 is 1.43 bits per heavy atom. The minimum Gasteiger partial charge on any atom is -0.491 e. The van der Waals surface area contributed by atoms with E-state index in [2.05, 4.69) is 0 Å². The van der Waals surface area contributed by atoms with Crippen molar-refractivity contribution in [3.05, 3.63) is 23.8 Å². The Bertz CT molecular complexity index is 305. The molecule has 1 aromatic rings. The highest BCUT2D eigenvalue weighted by Crippen LogP contribution is 2.30. The molecule has 0 bridgehead atoms. The third kappa shape index (κ3) is 2.56. The highest BCUT2D eigenvalue weighted by molar-refractivity contribution is 5.48. The molecule has 0 aromatic heterocycles. The molecule has 0 radical (unpaired) electrons. The quantitative estimate of drug-likeness (QED) is 0.730. The predicted octanol–water partition coefficient (Wildman–Crippen LogP) is 1.58. The molecule has 0 fully saturated rings. The van der Waals surface area contributed by atoms with Crippen LogP contribution < -0.4 is 10.5 Å². The van der Waals surface area contributed by atoms with E-state index in [0.29, 0.717) is 0 Å². The van der Waals surface area contributed by atoms with Gasteiger partial charge in [0, 0.05) is 5.69 Å². The molecule has 78 valence electrons. The van der Waals surface area contributed by atoms with Crippen LogP contribution in [0.5, 0.6) is 5.75 Å². The Hall–Kier alpha value is -1.36. The van der Waals surface area contributed by atoms with E-state index in [0.717, 1.165) is 6.07 Å². The van der Waals surface area contributed by atoms with Gasteiger partial charge in [-0.2, -0.15) is 0 Å². The highest BCUT2D eigenvalue weighted by Gasteiger charge is 2.14. The Morgan fingerprint density at radius 2 is 2.14 bits per heavy atom. The second-order valence-electron chi connectivity index (χ2n) is 2.67. The van der Waals surface area contributed by atoms with Crippen molar-refractivity contribution in [1.29, 1.82) is 0 Å². The maximum absolute atomic E-state index is 12.4. The number of benzene rings is 1. The largest absolute Gasteiger partial charge is 0.491 e. The number of aliphatic hydroxyl groups is 1. The molecule has 0 atom stereocenters. The van der Waals surface area contributed by atoms with Crippen LogP contribution in [0.15, 0.2) is 18.2 Å². The van der Waals surface area contributed by atoms with E-state index in [1.807, 2.05) is 0 Å². The van der Waals surface area contributed by atoms with E-state index >= 15 is 0 Å². The third-order valence-electron chi connectivity index (χ3n) is 1.62. The average Bonchev–Trinajstić information content (AvgIpc) is 2.15. The summed E-state index contributed by atoms with van der Waals surface area (Å²) < 4.78 is 29.8. The normalized spacial score (nSPS) is 10.6. The van der Waals surface area contributed by atoms with E-state index < -0.39 is 6.43 Å². The molecular formula is C9H11F2NO2. The molecule has 0 saturated heterocycles. The van der Waals surface area contributed by atoms with Crippen LogP contribution in [-0.2, 0) is 0 Å². The SMILES string of the molecule is Nc1ccc(OCCO)c(C(F)F)c1. The van der Waals surface area contributed by atoms with Gasteiger partial charge in [0.05, 0.1) is 12.2 Å². The number of hydrogen-bond donors (Lipinski definition) is 2. The van der Waals surface area contributed by atoms with Crippen LogP contribution in [0.4, 0.5) is 14.5 Å². The summed E-state index contributed by atoms with van der Waals surface area (Å²) in [6.45, 7) is -0.226. The fourth-order valence-corrected chi connectivity index (χ4v) is 1.02. The Kier molecular flexibility index (Phi) is 3.64. The fourth-order valence-electron chi connectivity index (χ4n) is 1.02. The van der Waals surface area contributed by atoms with Crippen molar-refractivity contribution in [3.63, 3.8) is 0 Å². The van der Waals surface area contributed by atoms with Gasteiger partial charge in [0.2, 0.25) is 0 Å². The van der Waals surface area contributed by atoms with E-state index in [1.165, 1.54) is 12.1 Å². The van der Waals surface area contributed by atoms with Gasteiger partial charge in [-0.05, 0) is 18.2 Å². The first kappa shape index (κ1) is 10.7. The Morgan fingerprint density at radius 3 is 2.71 bits per heavy atom. The van der Waals surface area contributed by atoms with Gasteiger partial charge >= 0.3 is 0 Å². The molecule has 0 aliphatic rings. The van der Waals surface area contributed by atoms with Crippen molar-refractivity contribution in [2.45, 2.75) is 6.43 Å². The number of alkyl halides is 2. The number of ether oxygens (including phenoxy) is 1. The van der Waals surface area contributed by atoms with Crippen molar-refractivity contribution in [1.82, 2.24) is 0 Å². The summed E-state index contributed by atoms with van der Waals surface area (Å²) in [6.07, 6.45) is -2.63. The van der Waals surface area contributed by atoms with Crippen LogP contribution >= 0.6 is 0 Å². The van der Waals surface area contributed by atoms with Crippen molar-refractivity contribution in [2.24, 2.45) is 0 Å². The second kappa shape index (κ2) is 4.76. The second-order valence-corrected chi connectivity index (χ2v) is 2.67. The summed E-state index contributed by atoms with van der Waals surface area (Å²) in [5.41, 5.74) is 5.37. The molecule has 0 unspecified atom stereocenters. The van der Waals surface area contributed by atoms with Crippen LogP contribution in [-0.4, -0.2) is 18.3 Å². The van der Waals surface area contributed by atoms with Crippen LogP contribution in [0.25, 0.3) is 0 Å². The molecule has 1 aromatic carbocycles. The molecular weight excluding hydrogens is 192 g/mol. The van der Waals surface area contributed by atoms with E-state index in [1.54, 1.807) is 0 Å². The van der Waals surface area contributed by atoms with Crippen molar-refractivity contribution < 1.29 is 18.6 Å². The summed E-state index contributed by atoms with van der Waals surface area (Å²) in [7, 11) is 0. The van der Waals surface area contributed by atoms with Gasteiger partial charge in [0.25, 0.3) is 6.43 Å². The van der Waals surface area contributed by atoms with Crippen molar-refractivity contribution >= 4 is 5.69 Å². The van der Waals surface area contributed by atoms with E-state index in [9.17, 15) is 8.78 Å². The summed E-state index contributed by atoms with van der Waals surface area (Å²) in [5.74, 6) is 0.0586. The topological polar surface area (TPSA) is 55.5 Å². The lowest BCUT2D eigenvalue weighted by Gasteiger charge is -2.10. The number of halogens is 2. The molecule has 1 rings (SSSR count). The molecule has 0 heterocycles. The third-order valence-corrected chi connectivity index (χ3v) is 1.62. The first-order valence-electron chi connectivity index (χ1n) is 4.06. The highest BCUT2D eigenvalue weighted by atomic mass is 19.3. The minimum absolute atomic E-state index is 0.0103. The summed E-state index contributed by atoms with van der Waals surface area (Å²) in [5, 5.41) is 8.47. The number of nitrogens with two attached hydrogens (primary N) is 1. The molecule has 0 aliphatic heterocycles. The van der Waals surface area contributed by atoms with Gasteiger partial charge < -0.3 is 15.6 Å². The summed E-state index contributed by atoms with van der Waals surface area (Å²) in [4.78, 5) is 0. The fraction of sp³-hybridized carbons (Fsp3) is 0.333. The van der Waals surface area contributed by atoms with Gasteiger partial charge in [-0.25, -0.2) is 8.78 Å². The summed E-state index contributed by atoms with van der Waals surface area (Å²) >= 11 is 0. The maximum atomic E-state index is 12.4. The average molecular weight is 203 g/mol. The minimum atomic E-state index is -2.63. The number of aliphatic hydroxyl groups excluding tert-OH is 1. The monoisotopic (exact) mass is 203 g/mol. The number of nitrogen functional groups attached to an aromatic ring is 1. The van der Waals surface area contributed by atoms with Crippen molar-refractivity contribution in [3.8, 4) is 5.75 Å². The molecule has 0 saturated carbocycles. The van der Waals surface area contributed by atoms with Crippen molar-refractivity contribution in [2.75, 3.05) is 18.9 Å². The van der Waals surface area contributed by atoms with Gasteiger partial charge in [-0.3, -0.25) is 0 Å². The van der Waals surface area contributed by atoms with Gasteiger partial charge in [-0.1, -0.05) is 0 Å². The number of rotatable bonds is 4. The smallest absolute Gasteiger partial charge is 0.267 e. The van der Waals surface area contributed by atoms with Gasteiger partial charge in [0.15, 0.2) is 0 Å². The molecule has 3 N–H and O–H groups in total. The molecule has 5 heteroatoms. The number of hydrogen-bond acceptors (Lipinski definition) is 3. The maximum Gasteiger partial charge on any atom is 0.267 e. The molecule has 0 spiro atoms. The molecule has 3 nitrogen and oxygen atoms in total. The lowest BCUT2D eigenvalue weighted by atomic mass is 10.2. The zero-order valence-electron chi connectivity index (χ0n) is 7.41.